The molecule has 0 unspecified atom stereocenters. The van der Waals surface area contributed by atoms with Gasteiger partial charge in [-0.3, -0.25) is 9.79 Å². The van der Waals surface area contributed by atoms with Gasteiger partial charge in [0, 0.05) is 59.5 Å². The summed E-state index contributed by atoms with van der Waals surface area (Å²) in [5.74, 6) is 0.548. The smallest absolute Gasteiger partial charge is 0.254 e. The Hall–Kier alpha value is -3.58. The van der Waals surface area contributed by atoms with Crippen molar-refractivity contribution in [3.63, 3.8) is 0 Å². The lowest BCUT2D eigenvalue weighted by atomic mass is 10.0. The van der Waals surface area contributed by atoms with E-state index in [2.05, 4.69) is 26.3 Å². The number of anilines is 2. The number of aliphatic imine (C=N–C) groups is 1. The summed E-state index contributed by atoms with van der Waals surface area (Å²) in [5, 5.41) is 3.26. The van der Waals surface area contributed by atoms with Crippen molar-refractivity contribution in [2.45, 2.75) is 12.6 Å². The maximum atomic E-state index is 12.8. The summed E-state index contributed by atoms with van der Waals surface area (Å²) >= 11 is 0. The Morgan fingerprint density at radius 1 is 1.13 bits per heavy atom. The van der Waals surface area contributed by atoms with E-state index in [1.807, 2.05) is 73.9 Å². The van der Waals surface area contributed by atoms with Crippen LogP contribution >= 0.6 is 0 Å². The van der Waals surface area contributed by atoms with Gasteiger partial charge in [0.05, 0.1) is 12.2 Å². The third kappa shape index (κ3) is 3.80. The Kier molecular flexibility index (Phi) is 4.95. The first-order valence-corrected chi connectivity index (χ1v) is 10.4. The Bertz CT molecular complexity index is 1170. The van der Waals surface area contributed by atoms with Crippen molar-refractivity contribution < 1.29 is 4.79 Å². The Labute approximate surface area is 181 Å². The number of likely N-dealkylation sites (tertiary alicyclic amines) is 1. The average molecular weight is 412 g/mol. The number of carbonyl (C=O) groups is 1. The van der Waals surface area contributed by atoms with Crippen LogP contribution in [0.3, 0.4) is 0 Å². The summed E-state index contributed by atoms with van der Waals surface area (Å²) < 4.78 is 0. The lowest BCUT2D eigenvalue weighted by molar-refractivity contribution is 0.0399. The summed E-state index contributed by atoms with van der Waals surface area (Å²) in [5.41, 5.74) is 5.41. The number of nitrogens with one attached hydrogen (secondary N) is 1. The zero-order valence-corrected chi connectivity index (χ0v) is 17.6. The molecule has 0 atom stereocenters. The molecule has 31 heavy (non-hydrogen) atoms. The highest BCUT2D eigenvalue weighted by atomic mass is 16.2. The predicted molar refractivity (Wildman–Crippen MR) is 122 cm³/mol. The standard InChI is InChI=1S/C24H24N6O/c1-29(2)20-14-30(15-20)23(31)16-7-5-8-19(10-16)27-24-26-13-18-12-25-11-17-6-3-4-9-21(17)22(18)28-24/h3-11,13,20H,12,14-15H2,1-2H3,(H,26,27,28). The molecule has 1 saturated heterocycles. The van der Waals surface area contributed by atoms with Crippen LogP contribution in [0.5, 0.6) is 0 Å². The molecule has 7 heteroatoms. The molecule has 3 heterocycles. The minimum absolute atomic E-state index is 0.0515. The number of fused-ring (bicyclic) bond motifs is 3. The molecule has 5 rings (SSSR count). The molecule has 3 aromatic rings. The topological polar surface area (TPSA) is 73.7 Å². The van der Waals surface area contributed by atoms with Crippen molar-refractivity contribution in [1.82, 2.24) is 19.8 Å². The van der Waals surface area contributed by atoms with Crippen LogP contribution in [-0.4, -0.2) is 65.1 Å². The number of hydrogen-bond donors (Lipinski definition) is 1. The molecule has 156 valence electrons. The molecule has 2 aromatic carbocycles. The monoisotopic (exact) mass is 412 g/mol. The molecule has 0 aliphatic carbocycles. The number of amides is 1. The van der Waals surface area contributed by atoms with Crippen LogP contribution in [0.2, 0.25) is 0 Å². The molecule has 2 aliphatic heterocycles. The quantitative estimate of drug-likeness (QED) is 0.712. The highest BCUT2D eigenvalue weighted by Gasteiger charge is 2.32. The number of aromatic nitrogens is 2. The van der Waals surface area contributed by atoms with E-state index < -0.39 is 0 Å². The van der Waals surface area contributed by atoms with Gasteiger partial charge in [-0.2, -0.15) is 0 Å². The SMILES string of the molecule is CN(C)C1CN(C(=O)c2cccc(Nc3ncc4c(n3)-c3ccccc3C=NC4)c2)C1. The molecule has 0 radical (unpaired) electrons. The highest BCUT2D eigenvalue weighted by molar-refractivity contribution is 5.96. The molecule has 7 nitrogen and oxygen atoms in total. The van der Waals surface area contributed by atoms with E-state index >= 15 is 0 Å². The zero-order valence-electron chi connectivity index (χ0n) is 17.6. The Morgan fingerprint density at radius 3 is 2.81 bits per heavy atom. The normalized spacial score (nSPS) is 15.1. The minimum Gasteiger partial charge on any atom is -0.335 e. The first-order valence-electron chi connectivity index (χ1n) is 10.4. The fourth-order valence-corrected chi connectivity index (χ4v) is 3.87. The second kappa shape index (κ2) is 7.92. The number of benzene rings is 2. The van der Waals surface area contributed by atoms with E-state index in [4.69, 9.17) is 4.98 Å². The second-order valence-electron chi connectivity index (χ2n) is 8.16. The number of likely N-dealkylation sites (N-methyl/N-ethyl adjacent to an activating group) is 1. The molecule has 2 aliphatic rings. The Morgan fingerprint density at radius 2 is 1.97 bits per heavy atom. The van der Waals surface area contributed by atoms with Gasteiger partial charge in [0.25, 0.3) is 5.91 Å². The van der Waals surface area contributed by atoms with Gasteiger partial charge in [0.1, 0.15) is 0 Å². The van der Waals surface area contributed by atoms with Crippen LogP contribution < -0.4 is 5.32 Å². The van der Waals surface area contributed by atoms with Gasteiger partial charge in [-0.15, -0.1) is 0 Å². The molecule has 1 fully saturated rings. The molecule has 0 saturated carbocycles. The van der Waals surface area contributed by atoms with Gasteiger partial charge in [-0.1, -0.05) is 30.3 Å². The van der Waals surface area contributed by atoms with Crippen molar-refractivity contribution in [1.29, 1.82) is 0 Å². The largest absolute Gasteiger partial charge is 0.335 e. The fraction of sp³-hybridized carbons (Fsp3) is 0.250. The van der Waals surface area contributed by atoms with Crippen molar-refractivity contribution in [2.75, 3.05) is 32.5 Å². The van der Waals surface area contributed by atoms with Crippen LogP contribution in [0.25, 0.3) is 11.3 Å². The van der Waals surface area contributed by atoms with E-state index in [9.17, 15) is 4.79 Å². The van der Waals surface area contributed by atoms with Crippen molar-refractivity contribution >= 4 is 23.8 Å². The zero-order chi connectivity index (χ0) is 21.4. The molecule has 1 aromatic heterocycles. The third-order valence-electron chi connectivity index (χ3n) is 5.82. The summed E-state index contributed by atoms with van der Waals surface area (Å²) in [4.78, 5) is 30.5. The summed E-state index contributed by atoms with van der Waals surface area (Å²) in [6.45, 7) is 2.08. The van der Waals surface area contributed by atoms with Gasteiger partial charge in [0.15, 0.2) is 0 Å². The number of nitrogens with zero attached hydrogens (tertiary/aromatic N) is 5. The van der Waals surface area contributed by atoms with Gasteiger partial charge in [-0.05, 0) is 32.3 Å². The fourth-order valence-electron chi connectivity index (χ4n) is 3.87. The molecular weight excluding hydrogens is 388 g/mol. The Balaban J connectivity index is 1.37. The lowest BCUT2D eigenvalue weighted by Crippen LogP contribution is -2.59. The summed E-state index contributed by atoms with van der Waals surface area (Å²) in [6, 6.07) is 16.0. The summed E-state index contributed by atoms with van der Waals surface area (Å²) in [7, 11) is 4.09. The van der Waals surface area contributed by atoms with E-state index in [-0.39, 0.29) is 5.91 Å². The van der Waals surface area contributed by atoms with Crippen LogP contribution in [0.15, 0.2) is 59.7 Å². The number of rotatable bonds is 4. The molecule has 1 amide bonds. The first-order chi connectivity index (χ1) is 15.1. The maximum Gasteiger partial charge on any atom is 0.254 e. The predicted octanol–water partition coefficient (Wildman–Crippen LogP) is 3.21. The van der Waals surface area contributed by atoms with Crippen LogP contribution in [0.1, 0.15) is 21.5 Å². The average Bonchev–Trinajstić information content (AvgIpc) is 2.92. The highest BCUT2D eigenvalue weighted by Crippen LogP contribution is 2.29. The van der Waals surface area contributed by atoms with Gasteiger partial charge >= 0.3 is 0 Å². The van der Waals surface area contributed by atoms with Gasteiger partial charge in [-0.25, -0.2) is 9.97 Å². The van der Waals surface area contributed by atoms with Crippen LogP contribution in [-0.2, 0) is 6.54 Å². The van der Waals surface area contributed by atoms with Crippen molar-refractivity contribution in [2.24, 2.45) is 4.99 Å². The number of hydrogen-bond acceptors (Lipinski definition) is 6. The van der Waals surface area contributed by atoms with Gasteiger partial charge in [0.2, 0.25) is 5.95 Å². The van der Waals surface area contributed by atoms with Crippen LogP contribution in [0.4, 0.5) is 11.6 Å². The molecule has 0 spiro atoms. The summed E-state index contributed by atoms with van der Waals surface area (Å²) in [6.07, 6.45) is 3.70. The van der Waals surface area contributed by atoms with Crippen molar-refractivity contribution in [3.8, 4) is 11.3 Å². The maximum absolute atomic E-state index is 12.8. The third-order valence-corrected chi connectivity index (χ3v) is 5.82. The second-order valence-corrected chi connectivity index (χ2v) is 8.16. The van der Waals surface area contributed by atoms with Crippen molar-refractivity contribution in [3.05, 3.63) is 71.4 Å². The molecule has 1 N–H and O–H groups in total. The van der Waals surface area contributed by atoms with E-state index in [0.717, 1.165) is 41.2 Å². The molecular formula is C24H24N6O. The van der Waals surface area contributed by atoms with E-state index in [1.165, 1.54) is 0 Å². The molecule has 0 bridgehead atoms. The first kappa shape index (κ1) is 19.4. The minimum atomic E-state index is 0.0515. The van der Waals surface area contributed by atoms with E-state index in [0.29, 0.717) is 24.1 Å². The van der Waals surface area contributed by atoms with E-state index in [1.54, 1.807) is 0 Å². The van der Waals surface area contributed by atoms with Crippen LogP contribution in [0, 0.1) is 0 Å². The number of carbonyl (C=O) groups excluding carboxylic acids is 1. The van der Waals surface area contributed by atoms with Gasteiger partial charge < -0.3 is 15.1 Å². The lowest BCUT2D eigenvalue weighted by Gasteiger charge is -2.42.